The van der Waals surface area contributed by atoms with E-state index in [0.717, 1.165) is 0 Å². The molecule has 4 heteroatoms. The largest absolute Gasteiger partial charge is 0.396 e. The van der Waals surface area contributed by atoms with E-state index in [4.69, 9.17) is 10.2 Å². The summed E-state index contributed by atoms with van der Waals surface area (Å²) >= 11 is 0. The average Bonchev–Trinajstić information content (AvgIpc) is 2.13. The molecule has 0 saturated heterocycles. The third kappa shape index (κ3) is 5.89. The fraction of sp³-hybridized carbons (Fsp3) is 0.818. The van der Waals surface area contributed by atoms with Crippen molar-refractivity contribution in [2.24, 2.45) is 5.92 Å². The maximum atomic E-state index is 9.69. The van der Waals surface area contributed by atoms with Crippen LogP contribution in [0.1, 0.15) is 27.2 Å². The maximum absolute atomic E-state index is 9.69. The van der Waals surface area contributed by atoms with Crippen LogP contribution in [0.25, 0.3) is 0 Å². The molecule has 0 radical (unpaired) electrons. The minimum atomic E-state index is -1.07. The molecule has 0 spiro atoms. The summed E-state index contributed by atoms with van der Waals surface area (Å²) in [6.07, 6.45) is 1.80. The highest BCUT2D eigenvalue weighted by Crippen LogP contribution is 2.15. The van der Waals surface area contributed by atoms with Crippen LogP contribution in [0, 0.1) is 5.92 Å². The lowest BCUT2D eigenvalue weighted by Crippen LogP contribution is -2.29. The van der Waals surface area contributed by atoms with E-state index >= 15 is 0 Å². The molecule has 0 saturated carbocycles. The predicted octanol–water partition coefficient (Wildman–Crippen LogP) is 0.0538. The molecule has 4 N–H and O–H groups in total. The summed E-state index contributed by atoms with van der Waals surface area (Å²) in [5.74, 6) is -0.241. The van der Waals surface area contributed by atoms with Crippen molar-refractivity contribution in [2.45, 2.75) is 45.0 Å². The second-order valence-corrected chi connectivity index (χ2v) is 4.28. The lowest BCUT2D eigenvalue weighted by Gasteiger charge is -2.21. The van der Waals surface area contributed by atoms with Crippen molar-refractivity contribution >= 4 is 0 Å². The van der Waals surface area contributed by atoms with Gasteiger partial charge in [0.1, 0.15) is 0 Å². The minimum absolute atomic E-state index is 0.0926. The van der Waals surface area contributed by atoms with E-state index in [2.05, 4.69) is 0 Å². The van der Waals surface area contributed by atoms with Gasteiger partial charge in [-0.1, -0.05) is 19.1 Å². The van der Waals surface area contributed by atoms with Gasteiger partial charge < -0.3 is 20.4 Å². The highest BCUT2D eigenvalue weighted by molar-refractivity contribution is 5.01. The van der Waals surface area contributed by atoms with Gasteiger partial charge in [-0.25, -0.2) is 0 Å². The molecule has 15 heavy (non-hydrogen) atoms. The molecule has 0 heterocycles. The van der Waals surface area contributed by atoms with Crippen LogP contribution in [0.5, 0.6) is 0 Å². The van der Waals surface area contributed by atoms with Crippen LogP contribution in [0.15, 0.2) is 12.2 Å². The molecule has 4 atom stereocenters. The predicted molar refractivity (Wildman–Crippen MR) is 58.3 cm³/mol. The molecule has 0 fully saturated rings. The summed E-state index contributed by atoms with van der Waals surface area (Å²) in [5, 5.41) is 37.0. The van der Waals surface area contributed by atoms with Gasteiger partial charge in [0, 0.05) is 18.9 Å². The monoisotopic (exact) mass is 218 g/mol. The fourth-order valence-corrected chi connectivity index (χ4v) is 1.22. The Morgan fingerprint density at radius 2 is 1.80 bits per heavy atom. The molecule has 3 unspecified atom stereocenters. The van der Waals surface area contributed by atoms with Gasteiger partial charge in [0.15, 0.2) is 0 Å². The molecule has 0 aliphatic carbocycles. The number of aliphatic hydroxyl groups is 4. The van der Waals surface area contributed by atoms with E-state index in [0.29, 0.717) is 0 Å². The molecular weight excluding hydrogens is 196 g/mol. The van der Waals surface area contributed by atoms with Crippen LogP contribution in [0.2, 0.25) is 0 Å². The van der Waals surface area contributed by atoms with Crippen LogP contribution in [0.4, 0.5) is 0 Å². The van der Waals surface area contributed by atoms with Crippen LogP contribution >= 0.6 is 0 Å². The van der Waals surface area contributed by atoms with Gasteiger partial charge in [0.2, 0.25) is 0 Å². The van der Waals surface area contributed by atoms with Crippen molar-refractivity contribution in [1.29, 1.82) is 0 Å². The Hall–Kier alpha value is -0.420. The van der Waals surface area contributed by atoms with Gasteiger partial charge >= 0.3 is 0 Å². The van der Waals surface area contributed by atoms with E-state index in [1.165, 1.54) is 6.92 Å². The van der Waals surface area contributed by atoms with Crippen molar-refractivity contribution in [2.75, 3.05) is 6.61 Å². The standard InChI is InChI=1S/C11H22O4/c1-8(10(14)9(2)13)4-5-11(3,15)6-7-12/h4-5,8-10,12-15H,6-7H2,1-3H3/t8?,9?,10?,11-/m1/s1. The number of rotatable bonds is 6. The summed E-state index contributed by atoms with van der Waals surface area (Å²) in [4.78, 5) is 0. The van der Waals surface area contributed by atoms with E-state index in [1.54, 1.807) is 26.0 Å². The van der Waals surface area contributed by atoms with Crippen LogP contribution in [-0.2, 0) is 0 Å². The summed E-state index contributed by atoms with van der Waals surface area (Å²) in [7, 11) is 0. The Balaban J connectivity index is 4.26. The second-order valence-electron chi connectivity index (χ2n) is 4.28. The highest BCUT2D eigenvalue weighted by atomic mass is 16.3. The quantitative estimate of drug-likeness (QED) is 0.475. The topological polar surface area (TPSA) is 80.9 Å². The molecule has 0 aromatic heterocycles. The zero-order valence-corrected chi connectivity index (χ0v) is 9.59. The zero-order valence-electron chi connectivity index (χ0n) is 9.59. The first-order valence-corrected chi connectivity index (χ1v) is 5.19. The van der Waals surface area contributed by atoms with Gasteiger partial charge in [-0.05, 0) is 13.8 Å². The molecule has 0 aliphatic heterocycles. The van der Waals surface area contributed by atoms with Crippen LogP contribution in [0.3, 0.4) is 0 Å². The molecule has 0 aliphatic rings. The molecule has 90 valence electrons. The second kappa shape index (κ2) is 6.23. The van der Waals surface area contributed by atoms with Crippen molar-refractivity contribution in [3.8, 4) is 0 Å². The van der Waals surface area contributed by atoms with Gasteiger partial charge in [0.25, 0.3) is 0 Å². The smallest absolute Gasteiger partial charge is 0.0856 e. The summed E-state index contributed by atoms with van der Waals surface area (Å²) < 4.78 is 0. The van der Waals surface area contributed by atoms with Gasteiger partial charge in [-0.2, -0.15) is 0 Å². The van der Waals surface area contributed by atoms with E-state index in [-0.39, 0.29) is 18.9 Å². The SMILES string of the molecule is CC(O)C(O)C(C)C=C[C@@](C)(O)CCO. The Labute approximate surface area is 90.9 Å². The number of hydrogen-bond donors (Lipinski definition) is 4. The van der Waals surface area contributed by atoms with Crippen molar-refractivity contribution in [1.82, 2.24) is 0 Å². The van der Waals surface area contributed by atoms with Gasteiger partial charge in [-0.15, -0.1) is 0 Å². The Morgan fingerprint density at radius 3 is 2.20 bits per heavy atom. The molecule has 0 aromatic carbocycles. The normalized spacial score (nSPS) is 22.3. The summed E-state index contributed by atoms with van der Waals surface area (Å²) in [6, 6.07) is 0. The summed E-state index contributed by atoms with van der Waals surface area (Å²) in [6.45, 7) is 4.76. The van der Waals surface area contributed by atoms with E-state index in [1.807, 2.05) is 0 Å². The first-order valence-electron chi connectivity index (χ1n) is 5.19. The minimum Gasteiger partial charge on any atom is -0.396 e. The number of aliphatic hydroxyl groups excluding tert-OH is 3. The van der Waals surface area contributed by atoms with Gasteiger partial charge in [0.05, 0.1) is 17.8 Å². The lowest BCUT2D eigenvalue weighted by atomic mass is 9.95. The van der Waals surface area contributed by atoms with Crippen LogP contribution in [-0.4, -0.2) is 44.8 Å². The Bertz CT molecular complexity index is 199. The first-order chi connectivity index (χ1) is 6.80. The van der Waals surface area contributed by atoms with E-state index < -0.39 is 17.8 Å². The Kier molecular flexibility index (Phi) is 6.05. The molecule has 0 rings (SSSR count). The number of hydrogen-bond acceptors (Lipinski definition) is 4. The third-order valence-corrected chi connectivity index (χ3v) is 2.41. The van der Waals surface area contributed by atoms with Gasteiger partial charge in [-0.3, -0.25) is 0 Å². The average molecular weight is 218 g/mol. The highest BCUT2D eigenvalue weighted by Gasteiger charge is 2.19. The summed E-state index contributed by atoms with van der Waals surface area (Å²) in [5.41, 5.74) is -1.07. The zero-order chi connectivity index (χ0) is 12.1. The van der Waals surface area contributed by atoms with Crippen molar-refractivity contribution in [3.05, 3.63) is 12.2 Å². The van der Waals surface area contributed by atoms with Crippen LogP contribution < -0.4 is 0 Å². The van der Waals surface area contributed by atoms with E-state index in [9.17, 15) is 10.2 Å². The molecule has 0 bridgehead atoms. The van der Waals surface area contributed by atoms with Crippen molar-refractivity contribution in [3.63, 3.8) is 0 Å². The third-order valence-electron chi connectivity index (χ3n) is 2.41. The maximum Gasteiger partial charge on any atom is 0.0856 e. The molecule has 4 nitrogen and oxygen atoms in total. The molecule has 0 amide bonds. The first kappa shape index (κ1) is 14.6. The lowest BCUT2D eigenvalue weighted by molar-refractivity contribution is 0.00892. The Morgan fingerprint density at radius 1 is 1.27 bits per heavy atom. The molecular formula is C11H22O4. The molecule has 0 aromatic rings. The van der Waals surface area contributed by atoms with Crippen molar-refractivity contribution < 1.29 is 20.4 Å². The fourth-order valence-electron chi connectivity index (χ4n) is 1.22.